The van der Waals surface area contributed by atoms with E-state index < -0.39 is 11.9 Å². The van der Waals surface area contributed by atoms with E-state index in [1.807, 2.05) is 24.3 Å². The van der Waals surface area contributed by atoms with Crippen molar-refractivity contribution in [1.29, 1.82) is 0 Å². The number of carboxylic acids is 1. The maximum Gasteiger partial charge on any atom is 0.308 e. The normalized spacial score (nSPS) is 17.8. The molecule has 0 spiro atoms. The summed E-state index contributed by atoms with van der Waals surface area (Å²) in [6, 6.07) is 7.96. The molecular formula is C19H24N2O4. The van der Waals surface area contributed by atoms with Crippen molar-refractivity contribution in [3.8, 4) is 0 Å². The van der Waals surface area contributed by atoms with Crippen LogP contribution in [0.25, 0.3) is 0 Å². The van der Waals surface area contributed by atoms with E-state index in [2.05, 4.69) is 0 Å². The molecule has 2 amide bonds. The van der Waals surface area contributed by atoms with Crippen LogP contribution < -0.4 is 4.90 Å². The van der Waals surface area contributed by atoms with E-state index in [-0.39, 0.29) is 30.8 Å². The van der Waals surface area contributed by atoms with Crippen molar-refractivity contribution in [3.63, 3.8) is 0 Å². The highest BCUT2D eigenvalue weighted by molar-refractivity contribution is 5.97. The van der Waals surface area contributed by atoms with Gasteiger partial charge in [-0.2, -0.15) is 0 Å². The molecule has 1 unspecified atom stereocenters. The highest BCUT2D eigenvalue weighted by Gasteiger charge is 2.35. The standard InChI is InChI=1S/C19H24N2O4/c1-13(19(24)25)12-21(15-7-8-15)18(23)10-11-20-16-5-3-2-4-14(16)6-9-17(20)22/h2-5,13,15H,6-12H2,1H3,(H,24,25). The lowest BCUT2D eigenvalue weighted by atomic mass is 10.0. The zero-order chi connectivity index (χ0) is 18.0. The summed E-state index contributed by atoms with van der Waals surface area (Å²) in [6.45, 7) is 2.21. The number of amides is 2. The maximum absolute atomic E-state index is 12.6. The lowest BCUT2D eigenvalue weighted by Crippen LogP contribution is -2.42. The summed E-state index contributed by atoms with van der Waals surface area (Å²) < 4.78 is 0. The van der Waals surface area contributed by atoms with Crippen LogP contribution in [0, 0.1) is 5.92 Å². The molecule has 1 aromatic carbocycles. The van der Waals surface area contributed by atoms with E-state index >= 15 is 0 Å². The molecular weight excluding hydrogens is 320 g/mol. The molecule has 1 N–H and O–H groups in total. The Labute approximate surface area is 147 Å². The second-order valence-corrected chi connectivity index (χ2v) is 6.94. The molecule has 0 radical (unpaired) electrons. The Morgan fingerprint density at radius 3 is 2.68 bits per heavy atom. The highest BCUT2D eigenvalue weighted by Crippen LogP contribution is 2.30. The highest BCUT2D eigenvalue weighted by atomic mass is 16.4. The number of fused-ring (bicyclic) bond motifs is 1. The third-order valence-electron chi connectivity index (χ3n) is 4.94. The Balaban J connectivity index is 1.64. The van der Waals surface area contributed by atoms with Gasteiger partial charge in [-0.15, -0.1) is 0 Å². The molecule has 6 heteroatoms. The predicted octanol–water partition coefficient (Wildman–Crippen LogP) is 2.07. The number of aliphatic carboxylic acids is 1. The van der Waals surface area contributed by atoms with E-state index in [0.29, 0.717) is 13.0 Å². The number of benzene rings is 1. The van der Waals surface area contributed by atoms with Crippen LogP contribution >= 0.6 is 0 Å². The first kappa shape index (κ1) is 17.5. The molecule has 1 atom stereocenters. The van der Waals surface area contributed by atoms with Gasteiger partial charge in [0.1, 0.15) is 0 Å². The van der Waals surface area contributed by atoms with E-state index in [0.717, 1.165) is 30.5 Å². The van der Waals surface area contributed by atoms with Gasteiger partial charge in [0.05, 0.1) is 5.92 Å². The number of aryl methyl sites for hydroxylation is 1. The van der Waals surface area contributed by atoms with Gasteiger partial charge in [0.25, 0.3) is 0 Å². The van der Waals surface area contributed by atoms with Crippen molar-refractivity contribution in [2.75, 3.05) is 18.0 Å². The van der Waals surface area contributed by atoms with Gasteiger partial charge in [-0.3, -0.25) is 14.4 Å². The van der Waals surface area contributed by atoms with Crippen LogP contribution in [0.2, 0.25) is 0 Å². The molecule has 1 aromatic rings. The summed E-state index contributed by atoms with van der Waals surface area (Å²) in [6.07, 6.45) is 3.30. The van der Waals surface area contributed by atoms with Gasteiger partial charge in [0, 0.05) is 37.7 Å². The second kappa shape index (κ2) is 7.25. The van der Waals surface area contributed by atoms with Crippen LogP contribution in [0.5, 0.6) is 0 Å². The molecule has 0 saturated heterocycles. The van der Waals surface area contributed by atoms with Gasteiger partial charge >= 0.3 is 5.97 Å². The van der Waals surface area contributed by atoms with Crippen LogP contribution in [0.4, 0.5) is 5.69 Å². The largest absolute Gasteiger partial charge is 0.481 e. The zero-order valence-corrected chi connectivity index (χ0v) is 14.5. The Morgan fingerprint density at radius 1 is 1.28 bits per heavy atom. The van der Waals surface area contributed by atoms with Gasteiger partial charge in [0.15, 0.2) is 0 Å². The average molecular weight is 344 g/mol. The molecule has 6 nitrogen and oxygen atoms in total. The van der Waals surface area contributed by atoms with Crippen LogP contribution in [0.3, 0.4) is 0 Å². The van der Waals surface area contributed by atoms with Gasteiger partial charge in [0.2, 0.25) is 11.8 Å². The molecule has 0 aromatic heterocycles. The molecule has 1 fully saturated rings. The number of rotatable bonds is 7. The van der Waals surface area contributed by atoms with Gasteiger partial charge in [-0.1, -0.05) is 25.1 Å². The molecule has 1 saturated carbocycles. The molecule has 1 aliphatic carbocycles. The van der Waals surface area contributed by atoms with Gasteiger partial charge in [-0.05, 0) is 30.9 Å². The average Bonchev–Trinajstić information content (AvgIpc) is 3.43. The second-order valence-electron chi connectivity index (χ2n) is 6.94. The smallest absolute Gasteiger partial charge is 0.308 e. The number of nitrogens with zero attached hydrogens (tertiary/aromatic N) is 2. The maximum atomic E-state index is 12.6. The number of hydrogen-bond donors (Lipinski definition) is 1. The summed E-state index contributed by atoms with van der Waals surface area (Å²) in [4.78, 5) is 39.4. The van der Waals surface area contributed by atoms with Crippen molar-refractivity contribution in [2.24, 2.45) is 5.92 Å². The molecule has 1 heterocycles. The molecule has 134 valence electrons. The van der Waals surface area contributed by atoms with Crippen molar-refractivity contribution < 1.29 is 19.5 Å². The Morgan fingerprint density at radius 2 is 2.00 bits per heavy atom. The van der Waals surface area contributed by atoms with Gasteiger partial charge in [-0.25, -0.2) is 0 Å². The fourth-order valence-electron chi connectivity index (χ4n) is 3.31. The lowest BCUT2D eigenvalue weighted by Gasteiger charge is -2.30. The van der Waals surface area contributed by atoms with E-state index in [9.17, 15) is 14.4 Å². The van der Waals surface area contributed by atoms with E-state index in [1.54, 1.807) is 16.7 Å². The minimum atomic E-state index is -0.890. The molecule has 2 aliphatic rings. The Bertz CT molecular complexity index is 684. The fraction of sp³-hybridized carbons (Fsp3) is 0.526. The summed E-state index contributed by atoms with van der Waals surface area (Å²) in [5, 5.41) is 9.10. The first-order valence-electron chi connectivity index (χ1n) is 8.88. The number of carbonyl (C=O) groups excluding carboxylic acids is 2. The monoisotopic (exact) mass is 344 g/mol. The van der Waals surface area contributed by atoms with Crippen LogP contribution in [-0.2, 0) is 20.8 Å². The Hall–Kier alpha value is -2.37. The molecule has 25 heavy (non-hydrogen) atoms. The Kier molecular flexibility index (Phi) is 5.06. The fourth-order valence-corrected chi connectivity index (χ4v) is 3.31. The summed E-state index contributed by atoms with van der Waals surface area (Å²) in [5.41, 5.74) is 2.02. The predicted molar refractivity (Wildman–Crippen MR) is 93.3 cm³/mol. The van der Waals surface area contributed by atoms with E-state index in [4.69, 9.17) is 5.11 Å². The topological polar surface area (TPSA) is 77.9 Å². The van der Waals surface area contributed by atoms with Crippen molar-refractivity contribution in [2.45, 2.75) is 45.1 Å². The first-order chi connectivity index (χ1) is 12.0. The number of hydrogen-bond acceptors (Lipinski definition) is 3. The zero-order valence-electron chi connectivity index (χ0n) is 14.5. The third kappa shape index (κ3) is 4.00. The number of anilines is 1. The van der Waals surface area contributed by atoms with Crippen molar-refractivity contribution >= 4 is 23.5 Å². The number of para-hydroxylation sites is 1. The van der Waals surface area contributed by atoms with Crippen LogP contribution in [-0.4, -0.2) is 46.9 Å². The van der Waals surface area contributed by atoms with Crippen LogP contribution in [0.1, 0.15) is 38.2 Å². The summed E-state index contributed by atoms with van der Waals surface area (Å²) >= 11 is 0. The number of carboxylic acid groups (broad SMARTS) is 1. The minimum absolute atomic E-state index is 0.0448. The molecule has 3 rings (SSSR count). The quantitative estimate of drug-likeness (QED) is 0.821. The van der Waals surface area contributed by atoms with E-state index in [1.165, 1.54) is 0 Å². The summed E-state index contributed by atoms with van der Waals surface area (Å²) in [7, 11) is 0. The lowest BCUT2D eigenvalue weighted by molar-refractivity contribution is -0.143. The first-order valence-corrected chi connectivity index (χ1v) is 8.88. The summed E-state index contributed by atoms with van der Waals surface area (Å²) in [5.74, 6) is -1.49. The third-order valence-corrected chi connectivity index (χ3v) is 4.94. The van der Waals surface area contributed by atoms with Gasteiger partial charge < -0.3 is 14.9 Å². The van der Waals surface area contributed by atoms with Crippen molar-refractivity contribution in [3.05, 3.63) is 29.8 Å². The molecule has 0 bridgehead atoms. The SMILES string of the molecule is CC(CN(C(=O)CCN1C(=O)CCc2ccccc21)C1CC1)C(=O)O. The minimum Gasteiger partial charge on any atom is -0.481 e. The molecule has 1 aliphatic heterocycles. The van der Waals surface area contributed by atoms with Crippen LogP contribution in [0.15, 0.2) is 24.3 Å². The number of carbonyl (C=O) groups is 3. The van der Waals surface area contributed by atoms with Crippen molar-refractivity contribution in [1.82, 2.24) is 4.90 Å².